The van der Waals surface area contributed by atoms with Crippen molar-refractivity contribution in [1.82, 2.24) is 29.3 Å². The van der Waals surface area contributed by atoms with Crippen molar-refractivity contribution >= 4 is 5.65 Å². The van der Waals surface area contributed by atoms with Gasteiger partial charge in [-0.3, -0.25) is 24.3 Å². The Morgan fingerprint density at radius 1 is 0.806 bits per heavy atom. The fraction of sp³-hybridized carbons (Fsp3) is 0.160. The van der Waals surface area contributed by atoms with Crippen LogP contribution in [0.5, 0.6) is 0 Å². The van der Waals surface area contributed by atoms with E-state index < -0.39 is 0 Å². The van der Waals surface area contributed by atoms with E-state index in [2.05, 4.69) is 43.4 Å². The van der Waals surface area contributed by atoms with Gasteiger partial charge in [-0.15, -0.1) is 0 Å². The van der Waals surface area contributed by atoms with E-state index in [4.69, 9.17) is 4.98 Å². The number of nitrogens with zero attached hydrogens (tertiary/aromatic N) is 6. The summed E-state index contributed by atoms with van der Waals surface area (Å²) in [6, 6.07) is 10.3. The predicted molar refractivity (Wildman–Crippen MR) is 121 cm³/mol. The average Bonchev–Trinajstić information content (AvgIpc) is 3.23. The van der Waals surface area contributed by atoms with Crippen LogP contribution < -0.4 is 0 Å². The molecule has 6 nitrogen and oxygen atoms in total. The van der Waals surface area contributed by atoms with Gasteiger partial charge in [-0.25, -0.2) is 4.98 Å². The minimum Gasteiger partial charge on any atom is -0.297 e. The molecule has 0 radical (unpaired) electrons. The quantitative estimate of drug-likeness (QED) is 0.425. The molecule has 5 heterocycles. The number of pyridine rings is 3. The molecule has 0 bridgehead atoms. The highest BCUT2D eigenvalue weighted by molar-refractivity contribution is 5.64. The van der Waals surface area contributed by atoms with E-state index in [1.54, 1.807) is 6.20 Å². The van der Waals surface area contributed by atoms with Gasteiger partial charge in [0.15, 0.2) is 5.65 Å². The molecule has 0 spiro atoms. The fourth-order valence-electron chi connectivity index (χ4n) is 3.90. The lowest BCUT2D eigenvalue weighted by atomic mass is 10.0. The van der Waals surface area contributed by atoms with E-state index in [0.29, 0.717) is 0 Å². The summed E-state index contributed by atoms with van der Waals surface area (Å²) in [5.74, 6) is 0. The van der Waals surface area contributed by atoms with Crippen molar-refractivity contribution in [3.05, 3.63) is 96.2 Å². The second-order valence-electron chi connectivity index (χ2n) is 7.65. The molecule has 0 amide bonds. The molecule has 0 unspecified atom stereocenters. The highest BCUT2D eigenvalue weighted by Crippen LogP contribution is 2.24. The predicted octanol–water partition coefficient (Wildman–Crippen LogP) is 4.65. The third-order valence-corrected chi connectivity index (χ3v) is 5.41. The Balaban J connectivity index is 1.39. The van der Waals surface area contributed by atoms with Crippen molar-refractivity contribution < 1.29 is 0 Å². The van der Waals surface area contributed by atoms with Crippen LogP contribution in [0.2, 0.25) is 0 Å². The highest BCUT2D eigenvalue weighted by atomic mass is 15.0. The number of hydrogen-bond donors (Lipinski definition) is 0. The normalized spacial score (nSPS) is 11.2. The van der Waals surface area contributed by atoms with Crippen LogP contribution in [-0.4, -0.2) is 29.3 Å². The monoisotopic (exact) mass is 406 g/mol. The Morgan fingerprint density at radius 3 is 2.55 bits per heavy atom. The fourth-order valence-corrected chi connectivity index (χ4v) is 3.90. The maximum absolute atomic E-state index is 4.73. The summed E-state index contributed by atoms with van der Waals surface area (Å²) in [5.41, 5.74) is 9.36. The van der Waals surface area contributed by atoms with Crippen LogP contribution in [0.25, 0.3) is 28.2 Å². The van der Waals surface area contributed by atoms with Crippen molar-refractivity contribution in [3.63, 3.8) is 0 Å². The van der Waals surface area contributed by atoms with Crippen LogP contribution in [0.15, 0.2) is 73.7 Å². The van der Waals surface area contributed by atoms with Crippen molar-refractivity contribution in [2.24, 2.45) is 0 Å². The van der Waals surface area contributed by atoms with Gasteiger partial charge in [0.05, 0.1) is 23.3 Å². The molecule has 0 saturated carbocycles. The first-order valence-electron chi connectivity index (χ1n) is 10.3. The van der Waals surface area contributed by atoms with Gasteiger partial charge in [-0.2, -0.15) is 0 Å². The molecular formula is C25H22N6. The van der Waals surface area contributed by atoms with Gasteiger partial charge in [0, 0.05) is 54.0 Å². The van der Waals surface area contributed by atoms with Gasteiger partial charge in [-0.1, -0.05) is 6.07 Å². The summed E-state index contributed by atoms with van der Waals surface area (Å²) in [6.07, 6.45) is 14.7. The smallest absolute Gasteiger partial charge is 0.159 e. The molecule has 0 aromatic carbocycles. The standard InChI is InChI=1S/C25H22N6/c1-17-12-19(14-29-24(17)20-7-9-27-18(2)13-20)5-6-22-25-30-16-23(31(25)11-10-28-22)21-4-3-8-26-15-21/h3-4,7-16H,5-6H2,1-2H3. The second kappa shape index (κ2) is 8.07. The third kappa shape index (κ3) is 3.80. The van der Waals surface area contributed by atoms with E-state index in [1.165, 1.54) is 5.56 Å². The molecular weight excluding hydrogens is 384 g/mol. The minimum absolute atomic E-state index is 0.794. The molecule has 0 atom stereocenters. The SMILES string of the molecule is Cc1cc(-c2ncc(CCc3nccn4c(-c5cccnc5)cnc34)cc2C)ccn1. The summed E-state index contributed by atoms with van der Waals surface area (Å²) in [5, 5.41) is 0. The van der Waals surface area contributed by atoms with Gasteiger partial charge < -0.3 is 0 Å². The molecule has 5 aromatic rings. The number of imidazole rings is 1. The molecule has 152 valence electrons. The van der Waals surface area contributed by atoms with Crippen LogP contribution in [0.3, 0.4) is 0 Å². The van der Waals surface area contributed by atoms with Gasteiger partial charge in [0.1, 0.15) is 0 Å². The van der Waals surface area contributed by atoms with Crippen LogP contribution in [0.4, 0.5) is 0 Å². The van der Waals surface area contributed by atoms with Gasteiger partial charge in [0.2, 0.25) is 0 Å². The molecule has 0 fully saturated rings. The Bertz CT molecular complexity index is 1360. The van der Waals surface area contributed by atoms with E-state index in [-0.39, 0.29) is 0 Å². The molecule has 6 heteroatoms. The number of fused-ring (bicyclic) bond motifs is 1. The summed E-state index contributed by atoms with van der Waals surface area (Å²) in [7, 11) is 0. The van der Waals surface area contributed by atoms with Gasteiger partial charge in [0.25, 0.3) is 0 Å². The Labute approximate surface area is 180 Å². The zero-order valence-electron chi connectivity index (χ0n) is 17.5. The lowest BCUT2D eigenvalue weighted by Gasteiger charge is -2.09. The molecule has 0 aliphatic carbocycles. The van der Waals surface area contributed by atoms with Gasteiger partial charge >= 0.3 is 0 Å². The number of hydrogen-bond acceptors (Lipinski definition) is 5. The molecule has 5 aromatic heterocycles. The second-order valence-corrected chi connectivity index (χ2v) is 7.65. The summed E-state index contributed by atoms with van der Waals surface area (Å²) in [6.45, 7) is 4.10. The molecule has 31 heavy (non-hydrogen) atoms. The summed E-state index contributed by atoms with van der Waals surface area (Å²) < 4.78 is 2.08. The summed E-state index contributed by atoms with van der Waals surface area (Å²) in [4.78, 5) is 22.5. The summed E-state index contributed by atoms with van der Waals surface area (Å²) >= 11 is 0. The van der Waals surface area contributed by atoms with Crippen molar-refractivity contribution in [1.29, 1.82) is 0 Å². The molecule has 0 saturated heterocycles. The van der Waals surface area contributed by atoms with Gasteiger partial charge in [-0.05, 0) is 62.1 Å². The largest absolute Gasteiger partial charge is 0.297 e. The lowest BCUT2D eigenvalue weighted by Crippen LogP contribution is -2.01. The first-order chi connectivity index (χ1) is 15.2. The first-order valence-corrected chi connectivity index (χ1v) is 10.3. The van der Waals surface area contributed by atoms with Crippen molar-refractivity contribution in [2.75, 3.05) is 0 Å². The number of aryl methyl sites for hydroxylation is 4. The topological polar surface area (TPSA) is 68.9 Å². The van der Waals surface area contributed by atoms with Crippen LogP contribution in [-0.2, 0) is 12.8 Å². The maximum atomic E-state index is 4.73. The van der Waals surface area contributed by atoms with Crippen molar-refractivity contribution in [2.45, 2.75) is 26.7 Å². The molecule has 0 aliphatic rings. The third-order valence-electron chi connectivity index (χ3n) is 5.41. The Kier molecular flexibility index (Phi) is 4.96. The number of rotatable bonds is 5. The van der Waals surface area contributed by atoms with E-state index in [1.807, 2.05) is 62.3 Å². The number of aromatic nitrogens is 6. The highest BCUT2D eigenvalue weighted by Gasteiger charge is 2.11. The van der Waals surface area contributed by atoms with Crippen molar-refractivity contribution in [3.8, 4) is 22.5 Å². The van der Waals surface area contributed by atoms with E-state index in [0.717, 1.165) is 58.0 Å². The molecule has 0 aliphatic heterocycles. The van der Waals surface area contributed by atoms with Crippen LogP contribution in [0, 0.1) is 13.8 Å². The Hall–Kier alpha value is -3.93. The first kappa shape index (κ1) is 19.1. The zero-order valence-corrected chi connectivity index (χ0v) is 17.5. The average molecular weight is 406 g/mol. The lowest BCUT2D eigenvalue weighted by molar-refractivity contribution is 0.895. The Morgan fingerprint density at radius 2 is 1.74 bits per heavy atom. The van der Waals surface area contributed by atoms with Crippen LogP contribution in [0.1, 0.15) is 22.5 Å². The maximum Gasteiger partial charge on any atom is 0.159 e. The van der Waals surface area contributed by atoms with Crippen LogP contribution >= 0.6 is 0 Å². The zero-order chi connectivity index (χ0) is 21.2. The van der Waals surface area contributed by atoms with E-state index in [9.17, 15) is 0 Å². The molecule has 5 rings (SSSR count). The minimum atomic E-state index is 0.794. The van der Waals surface area contributed by atoms with E-state index >= 15 is 0 Å². The molecule has 0 N–H and O–H groups in total.